The highest BCUT2D eigenvalue weighted by molar-refractivity contribution is 6.08. The monoisotopic (exact) mass is 370 g/mol. The van der Waals surface area contributed by atoms with Crippen molar-refractivity contribution in [2.75, 3.05) is 16.8 Å². The van der Waals surface area contributed by atoms with Crippen LogP contribution in [0.5, 0.6) is 0 Å². The zero-order chi connectivity index (χ0) is 19.7. The molecule has 2 heterocycles. The number of fused-ring (bicyclic) bond motifs is 4. The molecule has 3 heteroatoms. The summed E-state index contributed by atoms with van der Waals surface area (Å²) in [5.74, 6) is 0. The Morgan fingerprint density at radius 1 is 0.786 bits per heavy atom. The lowest BCUT2D eigenvalue weighted by molar-refractivity contribution is 0.665. The van der Waals surface area contributed by atoms with E-state index in [1.54, 1.807) is 0 Å². The highest BCUT2D eigenvalue weighted by atomic mass is 16.3. The van der Waals surface area contributed by atoms with Crippen LogP contribution < -0.4 is 9.80 Å². The number of benzene rings is 3. The largest absolute Gasteiger partial charge is 0.456 e. The minimum atomic E-state index is 0.255. The molecule has 28 heavy (non-hydrogen) atoms. The first-order valence-corrected chi connectivity index (χ1v) is 9.93. The average molecular weight is 370 g/mol. The molecule has 4 aromatic rings. The van der Waals surface area contributed by atoms with Crippen LogP contribution in [0.3, 0.4) is 0 Å². The molecule has 3 nitrogen and oxygen atoms in total. The van der Waals surface area contributed by atoms with Gasteiger partial charge in [0, 0.05) is 23.5 Å². The van der Waals surface area contributed by atoms with Gasteiger partial charge in [0.15, 0.2) is 0 Å². The molecular formula is C25H26N2O. The Morgan fingerprint density at radius 2 is 1.46 bits per heavy atom. The van der Waals surface area contributed by atoms with E-state index in [4.69, 9.17) is 4.42 Å². The smallest absolute Gasteiger partial charge is 0.138 e. The molecule has 5 rings (SSSR count). The van der Waals surface area contributed by atoms with Gasteiger partial charge < -0.3 is 14.2 Å². The van der Waals surface area contributed by atoms with Crippen molar-refractivity contribution in [1.29, 1.82) is 0 Å². The molecular weight excluding hydrogens is 344 g/mol. The summed E-state index contributed by atoms with van der Waals surface area (Å²) < 4.78 is 6.21. The van der Waals surface area contributed by atoms with Crippen molar-refractivity contribution >= 4 is 39.0 Å². The number of hydrogen-bond acceptors (Lipinski definition) is 3. The van der Waals surface area contributed by atoms with Gasteiger partial charge in [0.1, 0.15) is 17.3 Å². The van der Waals surface area contributed by atoms with Crippen molar-refractivity contribution in [3.8, 4) is 0 Å². The third-order valence-electron chi connectivity index (χ3n) is 6.63. The summed E-state index contributed by atoms with van der Waals surface area (Å²) in [5.41, 5.74) is 11.0. The minimum absolute atomic E-state index is 0.255. The van der Waals surface area contributed by atoms with Gasteiger partial charge in [-0.1, -0.05) is 18.2 Å². The van der Waals surface area contributed by atoms with E-state index >= 15 is 0 Å². The maximum atomic E-state index is 6.21. The summed E-state index contributed by atoms with van der Waals surface area (Å²) in [5, 5.41) is 2.38. The molecule has 0 spiro atoms. The first kappa shape index (κ1) is 17.2. The maximum absolute atomic E-state index is 6.21. The topological polar surface area (TPSA) is 19.6 Å². The van der Waals surface area contributed by atoms with Crippen molar-refractivity contribution in [2.24, 2.45) is 0 Å². The Labute approximate surface area is 166 Å². The van der Waals surface area contributed by atoms with Crippen molar-refractivity contribution in [3.05, 3.63) is 64.7 Å². The van der Waals surface area contributed by atoms with E-state index < -0.39 is 0 Å². The fourth-order valence-corrected chi connectivity index (χ4v) is 4.51. The summed E-state index contributed by atoms with van der Waals surface area (Å²) in [7, 11) is 2.19. The molecule has 142 valence electrons. The van der Waals surface area contributed by atoms with Crippen molar-refractivity contribution in [1.82, 2.24) is 0 Å². The molecule has 0 fully saturated rings. The van der Waals surface area contributed by atoms with Gasteiger partial charge in [-0.25, -0.2) is 0 Å². The van der Waals surface area contributed by atoms with Crippen molar-refractivity contribution in [2.45, 2.75) is 40.8 Å². The van der Waals surface area contributed by atoms with Crippen LogP contribution in [-0.2, 0) is 0 Å². The zero-order valence-corrected chi connectivity index (χ0v) is 17.4. The molecule has 0 saturated heterocycles. The van der Waals surface area contributed by atoms with E-state index in [2.05, 4.69) is 87.9 Å². The van der Waals surface area contributed by atoms with Gasteiger partial charge in [0.2, 0.25) is 0 Å². The second-order valence-electron chi connectivity index (χ2n) is 8.16. The summed E-state index contributed by atoms with van der Waals surface area (Å²) in [4.78, 5) is 4.85. The highest BCUT2D eigenvalue weighted by Crippen LogP contribution is 2.47. The lowest BCUT2D eigenvalue weighted by atomic mass is 10.0. The summed E-state index contributed by atoms with van der Waals surface area (Å²) >= 11 is 0. The summed E-state index contributed by atoms with van der Waals surface area (Å²) in [6.07, 6.45) is 0.255. The second-order valence-corrected chi connectivity index (χ2v) is 8.16. The van der Waals surface area contributed by atoms with E-state index in [0.717, 1.165) is 11.2 Å². The van der Waals surface area contributed by atoms with Gasteiger partial charge in [-0.3, -0.25) is 0 Å². The fourth-order valence-electron chi connectivity index (χ4n) is 4.51. The van der Waals surface area contributed by atoms with Gasteiger partial charge in [-0.2, -0.15) is 0 Å². The van der Waals surface area contributed by atoms with Gasteiger partial charge in [0.05, 0.1) is 11.4 Å². The van der Waals surface area contributed by atoms with E-state index in [9.17, 15) is 0 Å². The van der Waals surface area contributed by atoms with Crippen LogP contribution in [0.2, 0.25) is 0 Å². The van der Waals surface area contributed by atoms with Gasteiger partial charge in [0.25, 0.3) is 0 Å². The molecule has 1 aromatic heterocycles. The number of para-hydroxylation sites is 1. The molecule has 0 saturated carbocycles. The maximum Gasteiger partial charge on any atom is 0.138 e. The summed E-state index contributed by atoms with van der Waals surface area (Å²) in [6, 6.07) is 15.3. The number of aryl methyl sites for hydroxylation is 3. The molecule has 0 N–H and O–H groups in total. The molecule has 1 aliphatic heterocycles. The van der Waals surface area contributed by atoms with Crippen molar-refractivity contribution < 1.29 is 4.42 Å². The third-order valence-corrected chi connectivity index (χ3v) is 6.63. The Kier molecular flexibility index (Phi) is 3.54. The second kappa shape index (κ2) is 5.78. The van der Waals surface area contributed by atoms with Crippen LogP contribution in [0.4, 0.5) is 17.1 Å². The van der Waals surface area contributed by atoms with Crippen LogP contribution in [0, 0.1) is 27.7 Å². The van der Waals surface area contributed by atoms with Crippen LogP contribution in [0.15, 0.2) is 46.9 Å². The molecule has 0 unspecified atom stereocenters. The third kappa shape index (κ3) is 2.16. The number of nitrogens with zero attached hydrogens (tertiary/aromatic N) is 2. The predicted octanol–water partition coefficient (Wildman–Crippen LogP) is 6.75. The molecule has 0 amide bonds. The van der Waals surface area contributed by atoms with E-state index in [1.807, 2.05) is 6.07 Å². The lowest BCUT2D eigenvalue weighted by Crippen LogP contribution is -2.36. The van der Waals surface area contributed by atoms with Crippen molar-refractivity contribution in [3.63, 3.8) is 0 Å². The molecule has 1 atom stereocenters. The molecule has 0 bridgehead atoms. The average Bonchev–Trinajstić information content (AvgIpc) is 3.16. The Balaban J connectivity index is 1.81. The summed E-state index contributed by atoms with van der Waals surface area (Å²) in [6.45, 7) is 11.0. The first-order valence-electron chi connectivity index (χ1n) is 9.93. The minimum Gasteiger partial charge on any atom is -0.456 e. The van der Waals surface area contributed by atoms with Crippen LogP contribution in [0.1, 0.15) is 29.2 Å². The van der Waals surface area contributed by atoms with E-state index in [-0.39, 0.29) is 6.17 Å². The SMILES string of the molecule is Cc1cc2c(cc1C)N(c1cc3c(oc4ccccc43)c(C)c1C)[C@H](C)N2C. The van der Waals surface area contributed by atoms with E-state index in [1.165, 1.54) is 50.1 Å². The zero-order valence-electron chi connectivity index (χ0n) is 17.4. The standard InChI is InChI=1S/C25H26N2O/c1-14-11-22-23(12-15(14)2)27(18(5)26(22)6)21-13-20-19-9-7-8-10-24(19)28-25(20)17(4)16(21)3/h7-13,18H,1-6H3/t18-/m1/s1. The predicted molar refractivity (Wildman–Crippen MR) is 119 cm³/mol. The number of rotatable bonds is 1. The van der Waals surface area contributed by atoms with Crippen LogP contribution in [-0.4, -0.2) is 13.2 Å². The van der Waals surface area contributed by atoms with Crippen LogP contribution in [0.25, 0.3) is 21.9 Å². The number of hydrogen-bond donors (Lipinski definition) is 0. The van der Waals surface area contributed by atoms with Gasteiger partial charge in [-0.05, 0) is 81.1 Å². The Bertz CT molecular complexity index is 1250. The number of anilines is 3. The fraction of sp³-hybridized carbons (Fsp3) is 0.280. The van der Waals surface area contributed by atoms with Gasteiger partial charge in [-0.15, -0.1) is 0 Å². The molecule has 1 aliphatic rings. The Hall–Kier alpha value is -2.94. The lowest BCUT2D eigenvalue weighted by Gasteiger charge is -2.29. The van der Waals surface area contributed by atoms with Gasteiger partial charge >= 0.3 is 0 Å². The Morgan fingerprint density at radius 3 is 2.21 bits per heavy atom. The highest BCUT2D eigenvalue weighted by Gasteiger charge is 2.33. The van der Waals surface area contributed by atoms with E-state index in [0.29, 0.717) is 0 Å². The molecule has 0 radical (unpaired) electrons. The molecule has 3 aromatic carbocycles. The normalized spacial score (nSPS) is 16.4. The molecule has 0 aliphatic carbocycles. The quantitative estimate of drug-likeness (QED) is 0.369. The number of furan rings is 1. The van der Waals surface area contributed by atoms with Crippen LogP contribution >= 0.6 is 0 Å². The first-order chi connectivity index (χ1) is 13.4.